The van der Waals surface area contributed by atoms with Gasteiger partial charge < -0.3 is 15.2 Å². The molecule has 2 N–H and O–H groups in total. The second kappa shape index (κ2) is 7.86. The van der Waals surface area contributed by atoms with Gasteiger partial charge in [-0.15, -0.1) is 11.3 Å². The zero-order valence-electron chi connectivity index (χ0n) is 15.0. The molecule has 1 amide bonds. The van der Waals surface area contributed by atoms with Crippen molar-refractivity contribution in [3.63, 3.8) is 0 Å². The average molecular weight is 393 g/mol. The van der Waals surface area contributed by atoms with Crippen molar-refractivity contribution in [1.82, 2.24) is 5.32 Å². The number of amides is 1. The summed E-state index contributed by atoms with van der Waals surface area (Å²) in [7, 11) is 0. The number of carboxylic acids is 1. The van der Waals surface area contributed by atoms with Gasteiger partial charge in [-0.05, 0) is 33.7 Å². The van der Waals surface area contributed by atoms with E-state index in [9.17, 15) is 14.7 Å². The number of ether oxygens (including phenoxy) is 1. The highest BCUT2D eigenvalue weighted by atomic mass is 32.1. The van der Waals surface area contributed by atoms with Crippen molar-refractivity contribution < 1.29 is 19.4 Å². The number of nitrogens with one attached hydrogen (secondary N) is 1. The van der Waals surface area contributed by atoms with Gasteiger partial charge in [0.1, 0.15) is 12.5 Å². The van der Waals surface area contributed by atoms with Gasteiger partial charge in [-0.3, -0.25) is 4.79 Å². The minimum Gasteiger partial charge on any atom is -0.481 e. The molecule has 5 nitrogen and oxygen atoms in total. The summed E-state index contributed by atoms with van der Waals surface area (Å²) in [6.45, 7) is 0.198. The lowest BCUT2D eigenvalue weighted by Gasteiger charge is -2.16. The number of carboxylic acid groups (broad SMARTS) is 1. The highest BCUT2D eigenvalue weighted by molar-refractivity contribution is 7.10. The Morgan fingerprint density at radius 2 is 1.64 bits per heavy atom. The summed E-state index contributed by atoms with van der Waals surface area (Å²) >= 11 is 1.36. The lowest BCUT2D eigenvalue weighted by atomic mass is 9.98. The number of rotatable bonds is 6. The molecule has 0 fully saturated rings. The van der Waals surface area contributed by atoms with Crippen molar-refractivity contribution in [3.8, 4) is 11.1 Å². The van der Waals surface area contributed by atoms with Crippen molar-refractivity contribution in [2.45, 2.75) is 11.8 Å². The second-order valence-corrected chi connectivity index (χ2v) is 7.59. The number of carbonyl (C=O) groups excluding carboxylic acids is 1. The fourth-order valence-corrected chi connectivity index (χ4v) is 4.45. The zero-order valence-corrected chi connectivity index (χ0v) is 15.8. The summed E-state index contributed by atoms with van der Waals surface area (Å²) in [4.78, 5) is 24.4. The minimum absolute atomic E-state index is 0.00742. The number of carbonyl (C=O) groups is 2. The van der Waals surface area contributed by atoms with E-state index in [1.54, 1.807) is 12.1 Å². The molecule has 1 aromatic heterocycles. The predicted octanol–water partition coefficient (Wildman–Crippen LogP) is 4.46. The zero-order chi connectivity index (χ0) is 19.5. The van der Waals surface area contributed by atoms with E-state index in [1.807, 2.05) is 29.6 Å². The molecule has 1 unspecified atom stereocenters. The monoisotopic (exact) mass is 393 g/mol. The molecule has 28 heavy (non-hydrogen) atoms. The summed E-state index contributed by atoms with van der Waals surface area (Å²) in [5.74, 6) is -1.77. The fourth-order valence-electron chi connectivity index (χ4n) is 3.63. The van der Waals surface area contributed by atoms with Crippen LogP contribution in [0.5, 0.6) is 0 Å². The third kappa shape index (κ3) is 3.51. The normalized spacial score (nSPS) is 13.4. The highest BCUT2D eigenvalue weighted by Crippen LogP contribution is 2.44. The van der Waals surface area contributed by atoms with Gasteiger partial charge in [0.2, 0.25) is 0 Å². The Labute approximate surface area is 166 Å². The maximum absolute atomic E-state index is 12.2. The van der Waals surface area contributed by atoms with Crippen molar-refractivity contribution in [1.29, 1.82) is 0 Å². The topological polar surface area (TPSA) is 75.6 Å². The van der Waals surface area contributed by atoms with Crippen LogP contribution in [0.25, 0.3) is 11.1 Å². The number of alkyl carbamates (subject to hydrolysis) is 1. The molecule has 0 aliphatic heterocycles. The first kappa shape index (κ1) is 18.3. The first-order valence-electron chi connectivity index (χ1n) is 9.00. The van der Waals surface area contributed by atoms with E-state index in [2.05, 4.69) is 29.6 Å². The van der Waals surface area contributed by atoms with Crippen molar-refractivity contribution in [3.05, 3.63) is 82.0 Å². The van der Waals surface area contributed by atoms with Gasteiger partial charge in [0.15, 0.2) is 0 Å². The molecule has 6 heteroatoms. The van der Waals surface area contributed by atoms with Crippen LogP contribution in [0.1, 0.15) is 27.8 Å². The van der Waals surface area contributed by atoms with E-state index in [0.29, 0.717) is 4.88 Å². The van der Waals surface area contributed by atoms with Gasteiger partial charge in [0, 0.05) is 17.3 Å². The second-order valence-electron chi connectivity index (χ2n) is 6.61. The van der Waals surface area contributed by atoms with Gasteiger partial charge in [-0.2, -0.15) is 0 Å². The van der Waals surface area contributed by atoms with Crippen LogP contribution in [0, 0.1) is 0 Å². The fraction of sp³-hybridized carbons (Fsp3) is 0.182. The largest absolute Gasteiger partial charge is 0.481 e. The number of thiophene rings is 1. The first-order chi connectivity index (χ1) is 13.6. The molecule has 1 heterocycles. The molecule has 0 saturated carbocycles. The van der Waals surface area contributed by atoms with Crippen LogP contribution < -0.4 is 5.32 Å². The Balaban J connectivity index is 1.41. The molecule has 0 bridgehead atoms. The van der Waals surface area contributed by atoms with Gasteiger partial charge in [0.05, 0.1) is 0 Å². The predicted molar refractivity (Wildman–Crippen MR) is 108 cm³/mol. The molecule has 0 spiro atoms. The Bertz CT molecular complexity index is 954. The molecule has 1 aliphatic carbocycles. The molecule has 142 valence electrons. The van der Waals surface area contributed by atoms with Gasteiger partial charge >= 0.3 is 12.1 Å². The third-order valence-corrected chi connectivity index (χ3v) is 5.96. The average Bonchev–Trinajstić information content (AvgIpc) is 3.33. The Morgan fingerprint density at radius 3 is 2.21 bits per heavy atom. The van der Waals surface area contributed by atoms with E-state index >= 15 is 0 Å². The Kier molecular flexibility index (Phi) is 5.12. The molecular formula is C22H19NO4S. The molecule has 2 aromatic carbocycles. The number of hydrogen-bond acceptors (Lipinski definition) is 4. The van der Waals surface area contributed by atoms with E-state index in [4.69, 9.17) is 4.74 Å². The molecule has 0 saturated heterocycles. The maximum Gasteiger partial charge on any atom is 0.407 e. The first-order valence-corrected chi connectivity index (χ1v) is 9.88. The van der Waals surface area contributed by atoms with E-state index in [-0.39, 0.29) is 19.1 Å². The maximum atomic E-state index is 12.2. The molecule has 0 radical (unpaired) electrons. The van der Waals surface area contributed by atoms with Crippen LogP contribution in [0.15, 0.2) is 66.0 Å². The Morgan fingerprint density at radius 1 is 1.00 bits per heavy atom. The number of fused-ring (bicyclic) bond motifs is 3. The molecule has 1 aliphatic rings. The quantitative estimate of drug-likeness (QED) is 0.649. The third-order valence-electron chi connectivity index (χ3n) is 4.98. The van der Waals surface area contributed by atoms with Crippen LogP contribution in [0.2, 0.25) is 0 Å². The van der Waals surface area contributed by atoms with Gasteiger partial charge in [-0.25, -0.2) is 4.79 Å². The highest BCUT2D eigenvalue weighted by Gasteiger charge is 2.29. The van der Waals surface area contributed by atoms with Crippen molar-refractivity contribution in [2.75, 3.05) is 13.2 Å². The smallest absolute Gasteiger partial charge is 0.407 e. The summed E-state index contributed by atoms with van der Waals surface area (Å²) in [6, 6.07) is 19.8. The molecule has 1 atom stereocenters. The molecule has 3 aromatic rings. The van der Waals surface area contributed by atoms with Crippen molar-refractivity contribution in [2.24, 2.45) is 0 Å². The van der Waals surface area contributed by atoms with Crippen LogP contribution in [-0.2, 0) is 9.53 Å². The minimum atomic E-state index is -0.971. The van der Waals surface area contributed by atoms with Crippen LogP contribution in [0.3, 0.4) is 0 Å². The lowest BCUT2D eigenvalue weighted by Crippen LogP contribution is -2.32. The van der Waals surface area contributed by atoms with Crippen LogP contribution in [0.4, 0.5) is 4.79 Å². The molecule has 4 rings (SSSR count). The van der Waals surface area contributed by atoms with E-state index < -0.39 is 18.0 Å². The lowest BCUT2D eigenvalue weighted by molar-refractivity contribution is -0.138. The van der Waals surface area contributed by atoms with E-state index in [1.165, 1.54) is 11.3 Å². The number of hydrogen-bond donors (Lipinski definition) is 2. The van der Waals surface area contributed by atoms with Gasteiger partial charge in [-0.1, -0.05) is 54.6 Å². The Hall–Kier alpha value is -3.12. The van der Waals surface area contributed by atoms with Crippen LogP contribution in [-0.4, -0.2) is 30.3 Å². The SMILES string of the molecule is O=C(NCC(C(=O)O)c1cccs1)OCC1c2ccccc2-c2ccccc21. The number of aliphatic carboxylic acids is 1. The number of benzene rings is 2. The molecular weight excluding hydrogens is 374 g/mol. The van der Waals surface area contributed by atoms with Gasteiger partial charge in [0.25, 0.3) is 0 Å². The van der Waals surface area contributed by atoms with Crippen molar-refractivity contribution >= 4 is 23.4 Å². The summed E-state index contributed by atoms with van der Waals surface area (Å²) in [6.07, 6.45) is -0.607. The standard InChI is InChI=1S/C22H19NO4S/c24-21(25)18(20-10-5-11-28-20)12-23-22(26)27-13-19-16-8-3-1-6-14(16)15-7-2-4-9-17(15)19/h1-11,18-19H,12-13H2,(H,23,26)(H,24,25). The summed E-state index contributed by atoms with van der Waals surface area (Å²) < 4.78 is 5.45. The van der Waals surface area contributed by atoms with Crippen LogP contribution >= 0.6 is 11.3 Å². The summed E-state index contributed by atoms with van der Waals surface area (Å²) in [5, 5.41) is 13.8. The van der Waals surface area contributed by atoms with E-state index in [0.717, 1.165) is 22.3 Å². The summed E-state index contributed by atoms with van der Waals surface area (Å²) in [5.41, 5.74) is 4.60.